The number of nitrogens with zero attached hydrogens (tertiary/aromatic N) is 4. The van der Waals surface area contributed by atoms with Gasteiger partial charge in [-0.1, -0.05) is 11.6 Å². The molecule has 1 saturated heterocycles. The van der Waals surface area contributed by atoms with Gasteiger partial charge in [-0.25, -0.2) is 14.2 Å². The number of piperazine rings is 1. The molecule has 32 heavy (non-hydrogen) atoms. The summed E-state index contributed by atoms with van der Waals surface area (Å²) in [5, 5.41) is 12.9. The first kappa shape index (κ1) is 24.0. The maximum absolute atomic E-state index is 15.0. The van der Waals surface area contributed by atoms with E-state index in [1.165, 1.54) is 13.0 Å². The van der Waals surface area contributed by atoms with Gasteiger partial charge in [0, 0.05) is 38.5 Å². The summed E-state index contributed by atoms with van der Waals surface area (Å²) >= 11 is 9.30. The van der Waals surface area contributed by atoms with Crippen LogP contribution in [-0.2, 0) is 9.53 Å². The minimum absolute atomic E-state index is 0.0337. The zero-order chi connectivity index (χ0) is 23.8. The van der Waals surface area contributed by atoms with E-state index in [0.717, 1.165) is 0 Å². The van der Waals surface area contributed by atoms with E-state index in [4.69, 9.17) is 16.3 Å². The van der Waals surface area contributed by atoms with E-state index in [1.807, 2.05) is 4.90 Å². The lowest BCUT2D eigenvalue weighted by atomic mass is 10.1. The van der Waals surface area contributed by atoms with Crippen LogP contribution in [0.4, 0.5) is 20.7 Å². The van der Waals surface area contributed by atoms with Crippen LogP contribution < -0.4 is 10.2 Å². The lowest BCUT2D eigenvalue weighted by molar-refractivity contribution is -0.114. The Morgan fingerprint density at radius 1 is 1.31 bits per heavy atom. The molecule has 0 saturated carbocycles. The second-order valence-corrected chi connectivity index (χ2v) is 9.51. The number of halogens is 3. The SMILES string of the molecule is CC(=O)Nc1nc2c(F)c(Br)c(Cl)cc2c(N2CCN(C(=O)OC(C)(C)C)CC2)c1C#N. The van der Waals surface area contributed by atoms with Crippen LogP contribution in [0.5, 0.6) is 0 Å². The average molecular weight is 527 g/mol. The summed E-state index contributed by atoms with van der Waals surface area (Å²) in [5.74, 6) is -1.18. The van der Waals surface area contributed by atoms with Gasteiger partial charge in [-0.15, -0.1) is 0 Å². The molecule has 11 heteroatoms. The van der Waals surface area contributed by atoms with Crippen molar-refractivity contribution < 1.29 is 18.7 Å². The first-order valence-corrected chi connectivity index (χ1v) is 11.0. The Morgan fingerprint density at radius 2 is 1.94 bits per heavy atom. The highest BCUT2D eigenvalue weighted by atomic mass is 79.9. The number of pyridine rings is 1. The van der Waals surface area contributed by atoms with Crippen LogP contribution in [0, 0.1) is 17.1 Å². The molecule has 2 amide bonds. The summed E-state index contributed by atoms with van der Waals surface area (Å²) in [5.41, 5.74) is -0.151. The number of amides is 2. The molecule has 0 bridgehead atoms. The molecule has 1 aromatic carbocycles. The largest absolute Gasteiger partial charge is 0.444 e. The Hall–Kier alpha value is -2.64. The molecule has 2 aromatic rings. The van der Waals surface area contributed by atoms with Crippen LogP contribution in [0.3, 0.4) is 0 Å². The van der Waals surface area contributed by atoms with E-state index >= 15 is 4.39 Å². The van der Waals surface area contributed by atoms with Crippen molar-refractivity contribution in [2.75, 3.05) is 36.4 Å². The molecule has 2 heterocycles. The fourth-order valence-corrected chi connectivity index (χ4v) is 3.91. The van der Waals surface area contributed by atoms with Crippen LogP contribution >= 0.6 is 27.5 Å². The standard InChI is InChI=1S/C21H22BrClFN5O3/c1-11(30)26-19-13(10-25)18(12-9-14(23)15(22)16(24)17(12)27-19)28-5-7-29(8-6-28)20(31)32-21(2,3)4/h9H,5-8H2,1-4H3,(H,26,27,30). The number of hydrogen-bond acceptors (Lipinski definition) is 6. The van der Waals surface area contributed by atoms with Gasteiger partial charge in [0.2, 0.25) is 5.91 Å². The number of fused-ring (bicyclic) bond motifs is 1. The van der Waals surface area contributed by atoms with Crippen LogP contribution in [0.15, 0.2) is 10.5 Å². The number of anilines is 2. The molecular weight excluding hydrogens is 505 g/mol. The summed E-state index contributed by atoms with van der Waals surface area (Å²) in [6.07, 6.45) is -0.422. The highest BCUT2D eigenvalue weighted by Gasteiger charge is 2.30. The molecule has 0 aliphatic carbocycles. The van der Waals surface area contributed by atoms with E-state index in [0.29, 0.717) is 37.3 Å². The van der Waals surface area contributed by atoms with Crippen molar-refractivity contribution in [3.8, 4) is 6.07 Å². The molecule has 0 radical (unpaired) electrons. The van der Waals surface area contributed by atoms with Gasteiger partial charge in [-0.05, 0) is 42.8 Å². The van der Waals surface area contributed by atoms with Gasteiger partial charge in [-0.2, -0.15) is 5.26 Å². The minimum atomic E-state index is -0.697. The van der Waals surface area contributed by atoms with Gasteiger partial charge in [0.25, 0.3) is 0 Å². The normalized spacial score (nSPS) is 14.3. The number of carbonyl (C=O) groups excluding carboxylic acids is 2. The maximum Gasteiger partial charge on any atom is 0.410 e. The molecule has 1 N–H and O–H groups in total. The predicted molar refractivity (Wildman–Crippen MR) is 123 cm³/mol. The van der Waals surface area contributed by atoms with Gasteiger partial charge in [0.1, 0.15) is 22.8 Å². The zero-order valence-electron chi connectivity index (χ0n) is 18.1. The van der Waals surface area contributed by atoms with Crippen LogP contribution in [0.25, 0.3) is 10.9 Å². The van der Waals surface area contributed by atoms with Gasteiger partial charge >= 0.3 is 6.09 Å². The third kappa shape index (κ3) is 4.89. The van der Waals surface area contributed by atoms with E-state index in [-0.39, 0.29) is 26.4 Å². The second kappa shape index (κ2) is 9.08. The third-order valence-corrected chi connectivity index (χ3v) is 6.04. The van der Waals surface area contributed by atoms with Crippen molar-refractivity contribution in [2.24, 2.45) is 0 Å². The molecule has 0 unspecified atom stereocenters. The number of hydrogen-bond donors (Lipinski definition) is 1. The Bertz CT molecular complexity index is 1140. The van der Waals surface area contributed by atoms with E-state index < -0.39 is 23.4 Å². The lowest BCUT2D eigenvalue weighted by Crippen LogP contribution is -2.50. The fraction of sp³-hybridized carbons (Fsp3) is 0.429. The molecule has 1 aliphatic heterocycles. The van der Waals surface area contributed by atoms with E-state index in [1.54, 1.807) is 25.7 Å². The fourth-order valence-electron chi connectivity index (χ4n) is 3.42. The van der Waals surface area contributed by atoms with Crippen molar-refractivity contribution >= 4 is 61.9 Å². The summed E-state index contributed by atoms with van der Waals surface area (Å²) in [4.78, 5) is 31.7. The molecule has 1 fully saturated rings. The van der Waals surface area contributed by atoms with Crippen molar-refractivity contribution in [1.29, 1.82) is 5.26 Å². The summed E-state index contributed by atoms with van der Waals surface area (Å²) in [6.45, 7) is 8.07. The minimum Gasteiger partial charge on any atom is -0.444 e. The quantitative estimate of drug-likeness (QED) is 0.571. The topological polar surface area (TPSA) is 98.6 Å². The van der Waals surface area contributed by atoms with Crippen LogP contribution in [-0.4, -0.2) is 53.7 Å². The second-order valence-electron chi connectivity index (χ2n) is 8.31. The van der Waals surface area contributed by atoms with Gasteiger partial charge < -0.3 is 19.9 Å². The number of carbonyl (C=O) groups is 2. The monoisotopic (exact) mass is 525 g/mol. The Morgan fingerprint density at radius 3 is 2.47 bits per heavy atom. The zero-order valence-corrected chi connectivity index (χ0v) is 20.4. The molecular formula is C21H22BrClFN5O3. The third-order valence-electron chi connectivity index (χ3n) is 4.74. The Balaban J connectivity index is 2.06. The number of ether oxygens (including phenoxy) is 1. The van der Waals surface area contributed by atoms with E-state index in [2.05, 4.69) is 32.3 Å². The van der Waals surface area contributed by atoms with Crippen molar-refractivity contribution in [1.82, 2.24) is 9.88 Å². The molecule has 1 aromatic heterocycles. The van der Waals surface area contributed by atoms with E-state index in [9.17, 15) is 14.9 Å². The van der Waals surface area contributed by atoms with Gasteiger partial charge in [0.05, 0.1) is 15.2 Å². The Labute approximate surface area is 198 Å². The number of rotatable bonds is 2. The summed E-state index contributed by atoms with van der Waals surface area (Å²) < 4.78 is 20.5. The maximum atomic E-state index is 15.0. The molecule has 0 atom stereocenters. The predicted octanol–water partition coefficient (Wildman–Crippen LogP) is 4.68. The summed E-state index contributed by atoms with van der Waals surface area (Å²) in [7, 11) is 0. The molecule has 1 aliphatic rings. The number of aromatic nitrogens is 1. The van der Waals surface area contributed by atoms with Gasteiger partial charge in [-0.3, -0.25) is 4.79 Å². The lowest BCUT2D eigenvalue weighted by Gasteiger charge is -2.37. The van der Waals surface area contributed by atoms with Crippen LogP contribution in [0.1, 0.15) is 33.3 Å². The number of nitriles is 1. The Kier molecular flexibility index (Phi) is 6.81. The number of nitrogens with one attached hydrogen (secondary N) is 1. The molecule has 170 valence electrons. The highest BCUT2D eigenvalue weighted by Crippen LogP contribution is 2.40. The average Bonchev–Trinajstić information content (AvgIpc) is 2.70. The van der Waals surface area contributed by atoms with Crippen molar-refractivity contribution in [2.45, 2.75) is 33.3 Å². The number of benzene rings is 1. The molecule has 8 nitrogen and oxygen atoms in total. The summed E-state index contributed by atoms with van der Waals surface area (Å²) in [6, 6.07) is 3.61. The van der Waals surface area contributed by atoms with Gasteiger partial charge in [0.15, 0.2) is 11.6 Å². The van der Waals surface area contributed by atoms with Crippen LogP contribution in [0.2, 0.25) is 5.02 Å². The van der Waals surface area contributed by atoms with Crippen molar-refractivity contribution in [3.63, 3.8) is 0 Å². The van der Waals surface area contributed by atoms with Crippen molar-refractivity contribution in [3.05, 3.63) is 26.9 Å². The molecule has 3 rings (SSSR count). The molecule has 0 spiro atoms. The smallest absolute Gasteiger partial charge is 0.410 e. The first-order valence-electron chi connectivity index (χ1n) is 9.84. The first-order chi connectivity index (χ1) is 14.9. The highest BCUT2D eigenvalue weighted by molar-refractivity contribution is 9.10.